The Morgan fingerprint density at radius 1 is 1.19 bits per heavy atom. The molecule has 7 heteroatoms. The number of nitrogens with one attached hydrogen (secondary N) is 2. The quantitative estimate of drug-likeness (QED) is 0.414. The number of guanidine groups is 1. The van der Waals surface area contributed by atoms with Crippen LogP contribution < -0.4 is 21.1 Å². The molecule has 1 unspecified atom stereocenters. The normalized spacial score (nSPS) is 17.1. The highest BCUT2D eigenvalue weighted by Gasteiger charge is 2.23. The number of carbonyl (C=O) groups is 1. The van der Waals surface area contributed by atoms with Gasteiger partial charge < -0.3 is 21.1 Å². The number of benzene rings is 2. The molecular formula is C25H35N5O2. The summed E-state index contributed by atoms with van der Waals surface area (Å²) in [5.74, 6) is 1.41. The summed E-state index contributed by atoms with van der Waals surface area (Å²) < 4.78 is 5.43. The number of aliphatic imine (C=N–C) groups is 1. The fourth-order valence-electron chi connectivity index (χ4n) is 4.06. The number of methoxy groups -OCH3 is 1. The van der Waals surface area contributed by atoms with E-state index in [4.69, 9.17) is 15.5 Å². The maximum Gasteiger partial charge on any atom is 0.221 e. The number of hydrogen-bond acceptors (Lipinski definition) is 4. The van der Waals surface area contributed by atoms with Gasteiger partial charge >= 0.3 is 0 Å². The molecule has 0 radical (unpaired) electrons. The van der Waals surface area contributed by atoms with Crippen LogP contribution in [0.2, 0.25) is 0 Å². The largest absolute Gasteiger partial charge is 0.496 e. The summed E-state index contributed by atoms with van der Waals surface area (Å²) in [4.78, 5) is 18.6. The first kappa shape index (κ1) is 23.6. The van der Waals surface area contributed by atoms with E-state index in [-0.39, 0.29) is 11.8 Å². The van der Waals surface area contributed by atoms with Crippen molar-refractivity contribution in [2.75, 3.05) is 26.7 Å². The molecule has 0 bridgehead atoms. The summed E-state index contributed by atoms with van der Waals surface area (Å²) in [7, 11) is 1.68. The topological polar surface area (TPSA) is 92.0 Å². The Balaban J connectivity index is 1.60. The van der Waals surface area contributed by atoms with E-state index < -0.39 is 0 Å². The molecule has 172 valence electrons. The number of likely N-dealkylation sites (tertiary alicyclic amines) is 1. The number of primary amides is 1. The van der Waals surface area contributed by atoms with Gasteiger partial charge in [0, 0.05) is 31.7 Å². The highest BCUT2D eigenvalue weighted by molar-refractivity contribution is 5.79. The van der Waals surface area contributed by atoms with E-state index in [1.54, 1.807) is 7.11 Å². The second-order valence-corrected chi connectivity index (χ2v) is 8.16. The first-order chi connectivity index (χ1) is 15.6. The second-order valence-electron chi connectivity index (χ2n) is 8.16. The number of amides is 1. The van der Waals surface area contributed by atoms with Gasteiger partial charge in [0.05, 0.1) is 19.6 Å². The lowest BCUT2D eigenvalue weighted by Gasteiger charge is -2.31. The molecule has 1 saturated heterocycles. The minimum Gasteiger partial charge on any atom is -0.496 e. The van der Waals surface area contributed by atoms with Gasteiger partial charge in [0.1, 0.15) is 5.75 Å². The van der Waals surface area contributed by atoms with Gasteiger partial charge in [0.15, 0.2) is 5.96 Å². The van der Waals surface area contributed by atoms with Crippen molar-refractivity contribution in [3.63, 3.8) is 0 Å². The Hall–Kier alpha value is -3.06. The molecular weight excluding hydrogens is 402 g/mol. The summed E-state index contributed by atoms with van der Waals surface area (Å²) in [5, 5.41) is 6.69. The zero-order chi connectivity index (χ0) is 22.8. The van der Waals surface area contributed by atoms with E-state index in [0.29, 0.717) is 13.1 Å². The zero-order valence-electron chi connectivity index (χ0n) is 19.1. The van der Waals surface area contributed by atoms with Gasteiger partial charge in [-0.2, -0.15) is 0 Å². The average molecular weight is 438 g/mol. The fraction of sp³-hybridized carbons (Fsp3) is 0.440. The molecule has 3 rings (SSSR count). The molecule has 1 fully saturated rings. The Morgan fingerprint density at radius 2 is 2.00 bits per heavy atom. The van der Waals surface area contributed by atoms with Gasteiger partial charge in [0.2, 0.25) is 5.91 Å². The van der Waals surface area contributed by atoms with Gasteiger partial charge in [-0.3, -0.25) is 9.69 Å². The summed E-state index contributed by atoms with van der Waals surface area (Å²) >= 11 is 0. The number of nitrogens with two attached hydrogens (primary N) is 1. The summed E-state index contributed by atoms with van der Waals surface area (Å²) in [5.41, 5.74) is 8.98. The van der Waals surface area contributed by atoms with Crippen molar-refractivity contribution in [3.05, 3.63) is 65.2 Å². The molecule has 1 heterocycles. The summed E-state index contributed by atoms with van der Waals surface area (Å²) in [6, 6.07) is 16.5. The molecule has 4 N–H and O–H groups in total. The molecule has 0 spiro atoms. The van der Waals surface area contributed by atoms with Crippen LogP contribution in [0, 0.1) is 5.92 Å². The molecule has 1 atom stereocenters. The number of nitrogens with zero attached hydrogens (tertiary/aromatic N) is 2. The third-order valence-corrected chi connectivity index (χ3v) is 5.71. The molecule has 1 aliphatic rings. The van der Waals surface area contributed by atoms with Crippen molar-refractivity contribution in [2.45, 2.75) is 39.4 Å². The molecule has 0 aromatic heterocycles. The molecule has 2 aromatic rings. The first-order valence-electron chi connectivity index (χ1n) is 11.3. The van der Waals surface area contributed by atoms with Crippen molar-refractivity contribution in [1.82, 2.24) is 15.5 Å². The standard InChI is InChI=1S/C25H35N5O2/c1-3-27-25(29-16-21-10-4-5-12-23(21)32-2)28-15-19-8-6-9-20(14-19)17-30-13-7-11-22(18-30)24(26)31/h4-6,8-10,12,14,22H,3,7,11,13,15-18H2,1-2H3,(H2,26,31)(H2,27,28,29). The van der Waals surface area contributed by atoms with Crippen LogP contribution in [-0.4, -0.2) is 43.5 Å². The Labute approximate surface area is 191 Å². The number of carbonyl (C=O) groups excluding carboxylic acids is 1. The van der Waals surface area contributed by atoms with E-state index in [1.165, 1.54) is 5.56 Å². The monoisotopic (exact) mass is 437 g/mol. The average Bonchev–Trinajstić information content (AvgIpc) is 2.81. The first-order valence-corrected chi connectivity index (χ1v) is 11.3. The maximum atomic E-state index is 11.6. The van der Waals surface area contributed by atoms with Crippen LogP contribution in [0.15, 0.2) is 53.5 Å². The third-order valence-electron chi connectivity index (χ3n) is 5.71. The lowest BCUT2D eigenvalue weighted by atomic mass is 9.97. The van der Waals surface area contributed by atoms with E-state index in [9.17, 15) is 4.79 Å². The van der Waals surface area contributed by atoms with E-state index in [2.05, 4.69) is 46.7 Å². The van der Waals surface area contributed by atoms with E-state index in [1.807, 2.05) is 24.3 Å². The van der Waals surface area contributed by atoms with Crippen LogP contribution in [0.3, 0.4) is 0 Å². The van der Waals surface area contributed by atoms with Crippen LogP contribution in [0.1, 0.15) is 36.5 Å². The predicted octanol–water partition coefficient (Wildman–Crippen LogP) is 2.65. The number of ether oxygens (including phenoxy) is 1. The Kier molecular flexibility index (Phi) is 8.92. The Bertz CT molecular complexity index is 915. The van der Waals surface area contributed by atoms with Gasteiger partial charge in [-0.05, 0) is 43.5 Å². The predicted molar refractivity (Wildman–Crippen MR) is 128 cm³/mol. The number of rotatable bonds is 9. The SMILES string of the molecule is CCNC(=NCc1cccc(CN2CCCC(C(N)=O)C2)c1)NCc1ccccc1OC. The molecule has 1 aliphatic heterocycles. The van der Waals surface area contributed by atoms with Crippen molar-refractivity contribution >= 4 is 11.9 Å². The number of piperidine rings is 1. The molecule has 7 nitrogen and oxygen atoms in total. The van der Waals surface area contributed by atoms with Crippen molar-refractivity contribution in [1.29, 1.82) is 0 Å². The van der Waals surface area contributed by atoms with Crippen LogP contribution in [-0.2, 0) is 24.4 Å². The van der Waals surface area contributed by atoms with E-state index in [0.717, 1.165) is 61.9 Å². The van der Waals surface area contributed by atoms with Crippen LogP contribution in [0.25, 0.3) is 0 Å². The van der Waals surface area contributed by atoms with Crippen molar-refractivity contribution < 1.29 is 9.53 Å². The van der Waals surface area contributed by atoms with Crippen LogP contribution in [0.5, 0.6) is 5.75 Å². The fourth-order valence-corrected chi connectivity index (χ4v) is 4.06. The molecule has 0 aliphatic carbocycles. The maximum absolute atomic E-state index is 11.6. The van der Waals surface area contributed by atoms with Crippen molar-refractivity contribution in [2.24, 2.45) is 16.6 Å². The van der Waals surface area contributed by atoms with Crippen LogP contribution >= 0.6 is 0 Å². The minimum atomic E-state index is -0.186. The second kappa shape index (κ2) is 12.1. The molecule has 32 heavy (non-hydrogen) atoms. The van der Waals surface area contributed by atoms with Gasteiger partial charge in [-0.15, -0.1) is 0 Å². The van der Waals surface area contributed by atoms with Crippen LogP contribution in [0.4, 0.5) is 0 Å². The smallest absolute Gasteiger partial charge is 0.221 e. The highest BCUT2D eigenvalue weighted by Crippen LogP contribution is 2.19. The van der Waals surface area contributed by atoms with Gasteiger partial charge in [0.25, 0.3) is 0 Å². The summed E-state index contributed by atoms with van der Waals surface area (Å²) in [6.07, 6.45) is 1.91. The Morgan fingerprint density at radius 3 is 2.78 bits per heavy atom. The van der Waals surface area contributed by atoms with E-state index >= 15 is 0 Å². The highest BCUT2D eigenvalue weighted by atomic mass is 16.5. The molecule has 2 aromatic carbocycles. The minimum absolute atomic E-state index is 0.0338. The van der Waals surface area contributed by atoms with Gasteiger partial charge in [-0.1, -0.05) is 42.5 Å². The summed E-state index contributed by atoms with van der Waals surface area (Å²) in [6.45, 7) is 6.63. The number of hydrogen-bond donors (Lipinski definition) is 3. The lowest BCUT2D eigenvalue weighted by molar-refractivity contribution is -0.123. The zero-order valence-corrected chi connectivity index (χ0v) is 19.1. The molecule has 0 saturated carbocycles. The van der Waals surface area contributed by atoms with Gasteiger partial charge in [-0.25, -0.2) is 4.99 Å². The molecule has 1 amide bonds. The third kappa shape index (κ3) is 6.99. The number of para-hydroxylation sites is 1. The van der Waals surface area contributed by atoms with Crippen molar-refractivity contribution in [3.8, 4) is 5.75 Å². The lowest BCUT2D eigenvalue weighted by Crippen LogP contribution is -2.40.